The number of para-hydroxylation sites is 1. The van der Waals surface area contributed by atoms with Crippen molar-refractivity contribution in [3.8, 4) is 0 Å². The summed E-state index contributed by atoms with van der Waals surface area (Å²) >= 11 is 0. The van der Waals surface area contributed by atoms with E-state index < -0.39 is 6.43 Å². The summed E-state index contributed by atoms with van der Waals surface area (Å²) < 4.78 is 24.6. The Kier molecular flexibility index (Phi) is 4.28. The Labute approximate surface area is 89.0 Å². The highest BCUT2D eigenvalue weighted by Crippen LogP contribution is 2.22. The van der Waals surface area contributed by atoms with Crippen LogP contribution in [-0.2, 0) is 6.42 Å². The van der Waals surface area contributed by atoms with Gasteiger partial charge in [0.25, 0.3) is 0 Å². The maximum absolute atomic E-state index is 12.3. The molecule has 0 aliphatic heterocycles. The minimum absolute atomic E-state index is 0.217. The lowest BCUT2D eigenvalue weighted by Crippen LogP contribution is -2.14. The molecule has 0 saturated carbocycles. The second kappa shape index (κ2) is 5.49. The monoisotopic (exact) mass is 210 g/mol. The zero-order valence-corrected chi connectivity index (χ0v) is 8.66. The highest BCUT2D eigenvalue weighted by Gasteiger charge is 2.10. The van der Waals surface area contributed by atoms with Crippen molar-refractivity contribution in [2.24, 2.45) is 0 Å². The highest BCUT2D eigenvalue weighted by molar-refractivity contribution is 5.55. The van der Waals surface area contributed by atoms with Crippen molar-refractivity contribution in [3.05, 3.63) is 49.0 Å². The molecule has 0 unspecified atom stereocenters. The van der Waals surface area contributed by atoms with Gasteiger partial charge in [0.2, 0.25) is 6.43 Å². The molecule has 1 radical (unpaired) electrons. The maximum Gasteiger partial charge on any atom is 0.242 e. The van der Waals surface area contributed by atoms with E-state index in [0.717, 1.165) is 5.69 Å². The van der Waals surface area contributed by atoms with Crippen LogP contribution in [0.1, 0.15) is 5.56 Å². The first-order valence-corrected chi connectivity index (χ1v) is 4.70. The molecular weight excluding hydrogens is 196 g/mol. The van der Waals surface area contributed by atoms with E-state index in [2.05, 4.69) is 6.58 Å². The van der Waals surface area contributed by atoms with E-state index in [4.69, 9.17) is 0 Å². The third-order valence-electron chi connectivity index (χ3n) is 2.07. The molecule has 0 fully saturated rings. The molecule has 0 heterocycles. The Balaban J connectivity index is 2.89. The van der Waals surface area contributed by atoms with E-state index in [1.165, 1.54) is 0 Å². The number of nitrogens with zero attached hydrogens (tertiary/aromatic N) is 1. The number of anilines is 1. The third kappa shape index (κ3) is 3.35. The van der Waals surface area contributed by atoms with Crippen molar-refractivity contribution in [3.63, 3.8) is 0 Å². The van der Waals surface area contributed by atoms with Crippen LogP contribution in [0.3, 0.4) is 0 Å². The Bertz CT molecular complexity index is 323. The van der Waals surface area contributed by atoms with Crippen LogP contribution in [0.4, 0.5) is 14.5 Å². The van der Waals surface area contributed by atoms with Gasteiger partial charge in [-0.1, -0.05) is 24.3 Å². The van der Waals surface area contributed by atoms with Gasteiger partial charge in [0, 0.05) is 19.2 Å². The predicted octanol–water partition coefficient (Wildman–Crippen LogP) is 3.28. The van der Waals surface area contributed by atoms with Crippen LogP contribution >= 0.6 is 0 Å². The second-order valence-corrected chi connectivity index (χ2v) is 3.22. The van der Waals surface area contributed by atoms with E-state index >= 15 is 0 Å². The van der Waals surface area contributed by atoms with Crippen LogP contribution in [0.5, 0.6) is 0 Å². The van der Waals surface area contributed by atoms with E-state index in [9.17, 15) is 8.78 Å². The SMILES string of the molecule is C=C[CH]N(C)c1ccccc1CC(F)F. The van der Waals surface area contributed by atoms with E-state index in [1.54, 1.807) is 29.7 Å². The summed E-state index contributed by atoms with van der Waals surface area (Å²) in [5.41, 5.74) is 1.44. The minimum Gasteiger partial charge on any atom is -0.366 e. The topological polar surface area (TPSA) is 3.24 Å². The fourth-order valence-corrected chi connectivity index (χ4v) is 1.43. The molecule has 0 spiro atoms. The van der Waals surface area contributed by atoms with Crippen LogP contribution in [-0.4, -0.2) is 13.5 Å². The molecule has 1 nitrogen and oxygen atoms in total. The summed E-state index contributed by atoms with van der Waals surface area (Å²) in [5, 5.41) is 0. The summed E-state index contributed by atoms with van der Waals surface area (Å²) in [6.07, 6.45) is -0.909. The van der Waals surface area contributed by atoms with E-state index in [1.807, 2.05) is 19.2 Å². The van der Waals surface area contributed by atoms with Crippen LogP contribution < -0.4 is 4.90 Å². The van der Waals surface area contributed by atoms with E-state index in [-0.39, 0.29) is 6.42 Å². The van der Waals surface area contributed by atoms with Crippen LogP contribution in [0.25, 0.3) is 0 Å². The van der Waals surface area contributed by atoms with Crippen molar-refractivity contribution in [2.75, 3.05) is 11.9 Å². The van der Waals surface area contributed by atoms with Gasteiger partial charge in [-0.05, 0) is 11.6 Å². The fraction of sp³-hybridized carbons (Fsp3) is 0.250. The second-order valence-electron chi connectivity index (χ2n) is 3.22. The smallest absolute Gasteiger partial charge is 0.242 e. The minimum atomic E-state index is -2.32. The van der Waals surface area contributed by atoms with Crippen molar-refractivity contribution < 1.29 is 8.78 Å². The summed E-state index contributed by atoms with van der Waals surface area (Å²) in [6.45, 7) is 5.31. The molecule has 0 aromatic heterocycles. The molecule has 0 aliphatic rings. The van der Waals surface area contributed by atoms with Gasteiger partial charge in [-0.2, -0.15) is 0 Å². The molecule has 0 bridgehead atoms. The molecular formula is C12H14F2N. The molecule has 81 valence electrons. The molecule has 1 aromatic rings. The quantitative estimate of drug-likeness (QED) is 0.720. The van der Waals surface area contributed by atoms with Gasteiger partial charge in [0.15, 0.2) is 0 Å². The predicted molar refractivity (Wildman–Crippen MR) is 59.1 cm³/mol. The first-order valence-electron chi connectivity index (χ1n) is 4.70. The molecule has 0 aliphatic carbocycles. The fourth-order valence-electron chi connectivity index (χ4n) is 1.43. The number of hydrogen-bond donors (Lipinski definition) is 0. The van der Waals surface area contributed by atoms with Gasteiger partial charge in [-0.3, -0.25) is 0 Å². The standard InChI is InChI=1S/C12H14F2N/c1-3-8-15(2)11-7-5-4-6-10(11)9-12(13)14/h3-8,12H,1,9H2,2H3. The maximum atomic E-state index is 12.3. The molecule has 0 amide bonds. The Morgan fingerprint density at radius 2 is 2.07 bits per heavy atom. The van der Waals surface area contributed by atoms with Gasteiger partial charge in [-0.15, -0.1) is 6.58 Å². The van der Waals surface area contributed by atoms with Gasteiger partial charge < -0.3 is 4.90 Å². The van der Waals surface area contributed by atoms with Crippen molar-refractivity contribution in [2.45, 2.75) is 12.8 Å². The largest absolute Gasteiger partial charge is 0.366 e. The number of halogens is 2. The van der Waals surface area contributed by atoms with Gasteiger partial charge in [-0.25, -0.2) is 8.78 Å². The lowest BCUT2D eigenvalue weighted by molar-refractivity contribution is 0.149. The summed E-state index contributed by atoms with van der Waals surface area (Å²) in [5.74, 6) is 0. The van der Waals surface area contributed by atoms with Crippen molar-refractivity contribution in [1.82, 2.24) is 0 Å². The Hall–Kier alpha value is -1.38. The number of rotatable bonds is 5. The summed E-state index contributed by atoms with van der Waals surface area (Å²) in [7, 11) is 1.81. The normalized spacial score (nSPS) is 10.4. The summed E-state index contributed by atoms with van der Waals surface area (Å²) in [6, 6.07) is 7.13. The number of benzene rings is 1. The van der Waals surface area contributed by atoms with Crippen LogP contribution in [0.2, 0.25) is 0 Å². The molecule has 0 saturated heterocycles. The first-order chi connectivity index (χ1) is 7.15. The van der Waals surface area contributed by atoms with Gasteiger partial charge in [0.1, 0.15) is 0 Å². The number of likely N-dealkylation sites (N-methyl/N-ethyl adjacent to an activating group) is 1. The Morgan fingerprint density at radius 3 is 2.67 bits per heavy atom. The lowest BCUT2D eigenvalue weighted by atomic mass is 10.1. The molecule has 3 heteroatoms. The van der Waals surface area contributed by atoms with Crippen LogP contribution in [0.15, 0.2) is 36.9 Å². The average molecular weight is 210 g/mol. The summed E-state index contributed by atoms with van der Waals surface area (Å²) in [4.78, 5) is 1.78. The van der Waals surface area contributed by atoms with Crippen molar-refractivity contribution in [1.29, 1.82) is 0 Å². The van der Waals surface area contributed by atoms with Crippen LogP contribution in [0, 0.1) is 6.54 Å². The van der Waals surface area contributed by atoms with Crippen molar-refractivity contribution >= 4 is 5.69 Å². The molecule has 1 aromatic carbocycles. The lowest BCUT2D eigenvalue weighted by Gasteiger charge is -2.20. The van der Waals surface area contributed by atoms with Gasteiger partial charge >= 0.3 is 0 Å². The number of hydrogen-bond acceptors (Lipinski definition) is 1. The average Bonchev–Trinajstić information content (AvgIpc) is 2.18. The number of alkyl halides is 2. The third-order valence-corrected chi connectivity index (χ3v) is 2.07. The van der Waals surface area contributed by atoms with E-state index in [0.29, 0.717) is 5.56 Å². The highest BCUT2D eigenvalue weighted by atomic mass is 19.3. The molecule has 1 rings (SSSR count). The Morgan fingerprint density at radius 1 is 1.40 bits per heavy atom. The zero-order valence-electron chi connectivity index (χ0n) is 8.66. The zero-order chi connectivity index (χ0) is 11.3. The molecule has 0 N–H and O–H groups in total. The van der Waals surface area contributed by atoms with Gasteiger partial charge in [0.05, 0.1) is 6.54 Å². The molecule has 15 heavy (non-hydrogen) atoms. The molecule has 0 atom stereocenters. The first kappa shape index (κ1) is 11.7.